The van der Waals surface area contributed by atoms with E-state index in [-0.39, 0.29) is 0 Å². The van der Waals surface area contributed by atoms with E-state index in [1.807, 2.05) is 6.08 Å². The zero-order valence-electron chi connectivity index (χ0n) is 6.09. The zero-order valence-corrected chi connectivity index (χ0v) is 6.09. The maximum atomic E-state index is 9.41. The van der Waals surface area contributed by atoms with E-state index in [1.165, 1.54) is 22.3 Å². The van der Waals surface area contributed by atoms with Crippen molar-refractivity contribution in [3.05, 3.63) is 46.3 Å². The molecule has 0 saturated heterocycles. The fourth-order valence-electron chi connectivity index (χ4n) is 2.11. The number of hydrogen-bond acceptors (Lipinski definition) is 1. The van der Waals surface area contributed by atoms with Gasteiger partial charge in [-0.25, -0.2) is 0 Å². The highest BCUT2D eigenvalue weighted by atomic mass is 16.3. The summed E-state index contributed by atoms with van der Waals surface area (Å²) >= 11 is 0. The molecule has 1 N–H and O–H groups in total. The van der Waals surface area contributed by atoms with Crippen molar-refractivity contribution < 1.29 is 5.11 Å². The summed E-state index contributed by atoms with van der Waals surface area (Å²) in [5.74, 6) is 0.502. The van der Waals surface area contributed by atoms with Gasteiger partial charge in [-0.1, -0.05) is 12.2 Å². The first-order chi connectivity index (χ1) is 5.36. The molecule has 3 aliphatic rings. The van der Waals surface area contributed by atoms with Crippen molar-refractivity contribution in [2.75, 3.05) is 0 Å². The van der Waals surface area contributed by atoms with Gasteiger partial charge in [0.15, 0.2) is 0 Å². The Morgan fingerprint density at radius 2 is 2.18 bits per heavy atom. The Labute approximate surface area is 65.0 Å². The number of aliphatic hydroxyl groups is 1. The van der Waals surface area contributed by atoms with Gasteiger partial charge in [-0.15, -0.1) is 0 Å². The van der Waals surface area contributed by atoms with Gasteiger partial charge in [0.05, 0.1) is 0 Å². The lowest BCUT2D eigenvalue weighted by atomic mass is 10.1. The van der Waals surface area contributed by atoms with Gasteiger partial charge in [0.25, 0.3) is 0 Å². The molecular formula is C10H8O. The van der Waals surface area contributed by atoms with Crippen molar-refractivity contribution in [1.29, 1.82) is 0 Å². The second-order valence-electron chi connectivity index (χ2n) is 3.21. The van der Waals surface area contributed by atoms with Crippen molar-refractivity contribution in [1.82, 2.24) is 0 Å². The van der Waals surface area contributed by atoms with E-state index in [9.17, 15) is 5.11 Å². The molecule has 0 aliphatic heterocycles. The molecule has 0 aromatic rings. The Bertz CT molecular complexity index is 364. The van der Waals surface area contributed by atoms with Crippen LogP contribution in [0.1, 0.15) is 12.8 Å². The third kappa shape index (κ3) is 0.484. The molecule has 0 aromatic carbocycles. The summed E-state index contributed by atoms with van der Waals surface area (Å²) in [6, 6.07) is 0. The first kappa shape index (κ1) is 5.42. The lowest BCUT2D eigenvalue weighted by molar-refractivity contribution is 0.428. The molecule has 3 rings (SSSR count). The van der Waals surface area contributed by atoms with Gasteiger partial charge in [0.1, 0.15) is 5.76 Å². The molecule has 54 valence electrons. The SMILES string of the molecule is OC1=C2CC(=C1)C1=C2CC=C1. The molecule has 2 bridgehead atoms. The van der Waals surface area contributed by atoms with E-state index in [2.05, 4.69) is 12.2 Å². The van der Waals surface area contributed by atoms with Crippen LogP contribution >= 0.6 is 0 Å². The molecule has 0 fully saturated rings. The first-order valence-electron chi connectivity index (χ1n) is 3.89. The molecule has 0 amide bonds. The van der Waals surface area contributed by atoms with Crippen molar-refractivity contribution in [2.24, 2.45) is 0 Å². The summed E-state index contributed by atoms with van der Waals surface area (Å²) in [4.78, 5) is 0. The van der Waals surface area contributed by atoms with Crippen LogP contribution in [-0.2, 0) is 0 Å². The van der Waals surface area contributed by atoms with Crippen molar-refractivity contribution in [2.45, 2.75) is 12.8 Å². The smallest absolute Gasteiger partial charge is 0.119 e. The van der Waals surface area contributed by atoms with E-state index < -0.39 is 0 Å². The largest absolute Gasteiger partial charge is 0.508 e. The standard InChI is InChI=1S/C10H8O/c11-10-5-6-4-9(10)8-3-1-2-7(6)8/h1-2,5,11H,3-4H2. The Morgan fingerprint density at radius 3 is 3.09 bits per heavy atom. The molecular weight excluding hydrogens is 136 g/mol. The predicted molar refractivity (Wildman–Crippen MR) is 43.1 cm³/mol. The minimum absolute atomic E-state index is 0.502. The number of aliphatic hydroxyl groups excluding tert-OH is 1. The summed E-state index contributed by atoms with van der Waals surface area (Å²) < 4.78 is 0. The zero-order chi connectivity index (χ0) is 7.42. The molecule has 0 atom stereocenters. The lowest BCUT2D eigenvalue weighted by Gasteiger charge is -2.02. The molecule has 1 nitrogen and oxygen atoms in total. The highest BCUT2D eigenvalue weighted by Gasteiger charge is 2.31. The summed E-state index contributed by atoms with van der Waals surface area (Å²) in [6.45, 7) is 0. The molecule has 0 heterocycles. The van der Waals surface area contributed by atoms with Crippen LogP contribution in [0, 0.1) is 0 Å². The summed E-state index contributed by atoms with van der Waals surface area (Å²) in [5, 5.41) is 9.41. The number of allylic oxidation sites excluding steroid dienone is 7. The minimum atomic E-state index is 0.502. The summed E-state index contributed by atoms with van der Waals surface area (Å²) in [5.41, 5.74) is 5.21. The number of fused-ring (bicyclic) bond motifs is 4. The van der Waals surface area contributed by atoms with Crippen LogP contribution in [0.25, 0.3) is 0 Å². The van der Waals surface area contributed by atoms with Gasteiger partial charge < -0.3 is 5.11 Å². The predicted octanol–water partition coefficient (Wildman–Crippen LogP) is 2.40. The number of hydrogen-bond donors (Lipinski definition) is 1. The fraction of sp³-hybridized carbons (Fsp3) is 0.200. The Hall–Kier alpha value is -1.24. The Morgan fingerprint density at radius 1 is 1.27 bits per heavy atom. The van der Waals surface area contributed by atoms with Gasteiger partial charge >= 0.3 is 0 Å². The molecule has 0 radical (unpaired) electrons. The maximum absolute atomic E-state index is 9.41. The lowest BCUT2D eigenvalue weighted by Crippen LogP contribution is -1.87. The quantitative estimate of drug-likeness (QED) is 0.553. The minimum Gasteiger partial charge on any atom is -0.508 e. The normalized spacial score (nSPS) is 25.3. The second kappa shape index (κ2) is 1.50. The molecule has 11 heavy (non-hydrogen) atoms. The molecule has 3 aliphatic carbocycles. The first-order valence-corrected chi connectivity index (χ1v) is 3.89. The third-order valence-corrected chi connectivity index (χ3v) is 2.63. The van der Waals surface area contributed by atoms with E-state index in [0.717, 1.165) is 12.8 Å². The van der Waals surface area contributed by atoms with Crippen LogP contribution in [0.4, 0.5) is 0 Å². The third-order valence-electron chi connectivity index (χ3n) is 2.63. The molecule has 1 heteroatoms. The highest BCUT2D eigenvalue weighted by Crippen LogP contribution is 2.47. The summed E-state index contributed by atoms with van der Waals surface area (Å²) in [6.07, 6.45) is 8.22. The summed E-state index contributed by atoms with van der Waals surface area (Å²) in [7, 11) is 0. The Kier molecular flexibility index (Phi) is 0.738. The van der Waals surface area contributed by atoms with Crippen LogP contribution < -0.4 is 0 Å². The van der Waals surface area contributed by atoms with Gasteiger partial charge in [-0.3, -0.25) is 0 Å². The average Bonchev–Trinajstić information content (AvgIpc) is 2.52. The van der Waals surface area contributed by atoms with Crippen molar-refractivity contribution >= 4 is 0 Å². The topological polar surface area (TPSA) is 20.2 Å². The van der Waals surface area contributed by atoms with Crippen LogP contribution in [-0.4, -0.2) is 5.11 Å². The van der Waals surface area contributed by atoms with Gasteiger partial charge in [-0.2, -0.15) is 0 Å². The van der Waals surface area contributed by atoms with E-state index in [1.54, 1.807) is 0 Å². The Balaban J connectivity index is 2.29. The molecule has 0 aromatic heterocycles. The van der Waals surface area contributed by atoms with Crippen LogP contribution in [0.15, 0.2) is 46.3 Å². The molecule has 0 saturated carbocycles. The van der Waals surface area contributed by atoms with Crippen LogP contribution in [0.5, 0.6) is 0 Å². The van der Waals surface area contributed by atoms with E-state index in [4.69, 9.17) is 0 Å². The maximum Gasteiger partial charge on any atom is 0.119 e. The van der Waals surface area contributed by atoms with Crippen molar-refractivity contribution in [3.8, 4) is 0 Å². The highest BCUT2D eigenvalue weighted by molar-refractivity contribution is 5.68. The molecule has 0 spiro atoms. The number of rotatable bonds is 0. The second-order valence-corrected chi connectivity index (χ2v) is 3.21. The van der Waals surface area contributed by atoms with Crippen LogP contribution in [0.2, 0.25) is 0 Å². The van der Waals surface area contributed by atoms with Gasteiger partial charge in [0, 0.05) is 12.0 Å². The van der Waals surface area contributed by atoms with E-state index in [0.29, 0.717) is 5.76 Å². The average molecular weight is 144 g/mol. The fourth-order valence-corrected chi connectivity index (χ4v) is 2.11. The molecule has 0 unspecified atom stereocenters. The van der Waals surface area contributed by atoms with E-state index >= 15 is 0 Å². The van der Waals surface area contributed by atoms with Crippen LogP contribution in [0.3, 0.4) is 0 Å². The monoisotopic (exact) mass is 144 g/mol. The van der Waals surface area contributed by atoms with Crippen molar-refractivity contribution in [3.63, 3.8) is 0 Å². The van der Waals surface area contributed by atoms with Gasteiger partial charge in [0.2, 0.25) is 0 Å². The van der Waals surface area contributed by atoms with Gasteiger partial charge in [-0.05, 0) is 29.2 Å².